The first-order valence-corrected chi connectivity index (χ1v) is 10.7. The van der Waals surface area contributed by atoms with Gasteiger partial charge in [0, 0.05) is 36.9 Å². The number of thiazole rings is 1. The lowest BCUT2D eigenvalue weighted by Gasteiger charge is -2.24. The van der Waals surface area contributed by atoms with E-state index in [1.54, 1.807) is 23.1 Å². The van der Waals surface area contributed by atoms with Gasteiger partial charge in [-0.2, -0.15) is 0 Å². The summed E-state index contributed by atoms with van der Waals surface area (Å²) in [6.07, 6.45) is 5.67. The molecule has 0 bridgehead atoms. The molecule has 2 heterocycles. The molecule has 1 saturated heterocycles. The predicted molar refractivity (Wildman–Crippen MR) is 97.3 cm³/mol. The summed E-state index contributed by atoms with van der Waals surface area (Å²) in [7, 11) is 0. The van der Waals surface area contributed by atoms with Crippen LogP contribution in [0.5, 0.6) is 0 Å². The fraction of sp³-hybridized carbons (Fsp3) is 0.706. The number of hydrogen-bond acceptors (Lipinski definition) is 5. The van der Waals surface area contributed by atoms with Gasteiger partial charge in [-0.05, 0) is 18.6 Å². The molecule has 5 nitrogen and oxygen atoms in total. The van der Waals surface area contributed by atoms with Crippen molar-refractivity contribution < 1.29 is 9.59 Å². The molecule has 7 heteroatoms. The van der Waals surface area contributed by atoms with Gasteiger partial charge in [0.25, 0.3) is 0 Å². The summed E-state index contributed by atoms with van der Waals surface area (Å²) in [6, 6.07) is 0.447. The molecule has 0 unspecified atom stereocenters. The van der Waals surface area contributed by atoms with Crippen LogP contribution in [0, 0.1) is 5.92 Å². The Labute approximate surface area is 151 Å². The largest absolute Gasteiger partial charge is 0.355 e. The second-order valence-electron chi connectivity index (χ2n) is 6.57. The minimum absolute atomic E-state index is 0.000105. The standard InChI is InChI=1S/C17H25N3O2S2/c1-2-23-17-19-13(11-24-17)8-15(21)18-9-12-7-16(22)20(10-12)14-5-3-4-6-14/h11-12,14H,2-10H2,1H3,(H,18,21)/t12-/m0/s1. The van der Waals surface area contributed by atoms with Crippen LogP contribution < -0.4 is 5.32 Å². The molecule has 24 heavy (non-hydrogen) atoms. The van der Waals surface area contributed by atoms with E-state index in [0.29, 0.717) is 25.4 Å². The molecule has 1 aromatic heterocycles. The van der Waals surface area contributed by atoms with E-state index >= 15 is 0 Å². The molecule has 1 aromatic rings. The zero-order valence-electron chi connectivity index (χ0n) is 14.1. The Hall–Kier alpha value is -1.08. The number of rotatable bonds is 7. The molecular weight excluding hydrogens is 342 g/mol. The van der Waals surface area contributed by atoms with Crippen LogP contribution in [0.25, 0.3) is 0 Å². The van der Waals surface area contributed by atoms with Crippen LogP contribution in [-0.2, 0) is 16.0 Å². The van der Waals surface area contributed by atoms with Crippen molar-refractivity contribution in [1.82, 2.24) is 15.2 Å². The predicted octanol–water partition coefficient (Wildman–Crippen LogP) is 2.70. The number of nitrogens with one attached hydrogen (secondary N) is 1. The van der Waals surface area contributed by atoms with Gasteiger partial charge in [0.05, 0.1) is 12.1 Å². The van der Waals surface area contributed by atoms with Crippen LogP contribution in [0.2, 0.25) is 0 Å². The normalized spacial score (nSPS) is 21.6. The van der Waals surface area contributed by atoms with Crippen LogP contribution in [0.4, 0.5) is 0 Å². The monoisotopic (exact) mass is 367 g/mol. The molecule has 132 valence electrons. The molecule has 0 spiro atoms. The highest BCUT2D eigenvalue weighted by Crippen LogP contribution is 2.29. The second-order valence-corrected chi connectivity index (χ2v) is 8.94. The van der Waals surface area contributed by atoms with Gasteiger partial charge in [-0.15, -0.1) is 11.3 Å². The minimum atomic E-state index is 0.000105. The van der Waals surface area contributed by atoms with Crippen molar-refractivity contribution in [2.45, 2.75) is 55.8 Å². The van der Waals surface area contributed by atoms with Crippen LogP contribution in [-0.4, -0.2) is 46.6 Å². The van der Waals surface area contributed by atoms with Gasteiger partial charge in [-0.25, -0.2) is 4.98 Å². The Morgan fingerprint density at radius 1 is 1.46 bits per heavy atom. The molecule has 2 amide bonds. The summed E-state index contributed by atoms with van der Waals surface area (Å²) in [6.45, 7) is 3.49. The van der Waals surface area contributed by atoms with Gasteiger partial charge >= 0.3 is 0 Å². The summed E-state index contributed by atoms with van der Waals surface area (Å²) in [4.78, 5) is 30.8. The summed E-state index contributed by atoms with van der Waals surface area (Å²) in [5.74, 6) is 1.51. The van der Waals surface area contributed by atoms with Gasteiger partial charge in [0.1, 0.15) is 4.34 Å². The maximum absolute atomic E-state index is 12.2. The zero-order chi connectivity index (χ0) is 16.9. The number of thioether (sulfide) groups is 1. The van der Waals surface area contributed by atoms with E-state index in [9.17, 15) is 9.59 Å². The zero-order valence-corrected chi connectivity index (χ0v) is 15.8. The average molecular weight is 368 g/mol. The fourth-order valence-electron chi connectivity index (χ4n) is 3.56. The SMILES string of the molecule is CCSc1nc(CC(=O)NC[C@@H]2CC(=O)N(C3CCCC3)C2)cs1. The minimum Gasteiger partial charge on any atom is -0.355 e. The van der Waals surface area contributed by atoms with E-state index < -0.39 is 0 Å². The number of likely N-dealkylation sites (tertiary alicyclic amines) is 1. The number of carbonyl (C=O) groups excluding carboxylic acids is 2. The Morgan fingerprint density at radius 3 is 3.00 bits per heavy atom. The van der Waals surface area contributed by atoms with Crippen LogP contribution in [0.15, 0.2) is 9.72 Å². The fourth-order valence-corrected chi connectivity index (χ4v) is 5.30. The van der Waals surface area contributed by atoms with Crippen LogP contribution in [0.3, 0.4) is 0 Å². The first kappa shape index (κ1) is 17.7. The van der Waals surface area contributed by atoms with Crippen molar-refractivity contribution in [1.29, 1.82) is 0 Å². The van der Waals surface area contributed by atoms with E-state index in [1.807, 2.05) is 5.38 Å². The highest BCUT2D eigenvalue weighted by molar-refractivity contribution is 8.00. The molecule has 1 aliphatic carbocycles. The number of hydrogen-bond donors (Lipinski definition) is 1. The topological polar surface area (TPSA) is 62.3 Å². The lowest BCUT2D eigenvalue weighted by molar-refractivity contribution is -0.129. The van der Waals surface area contributed by atoms with Crippen molar-refractivity contribution in [3.05, 3.63) is 11.1 Å². The van der Waals surface area contributed by atoms with E-state index in [0.717, 1.165) is 35.2 Å². The number of carbonyl (C=O) groups is 2. The Kier molecular flexibility index (Phi) is 6.16. The summed E-state index contributed by atoms with van der Waals surface area (Å²) >= 11 is 3.30. The van der Waals surface area contributed by atoms with Crippen molar-refractivity contribution >= 4 is 34.9 Å². The van der Waals surface area contributed by atoms with E-state index in [4.69, 9.17) is 0 Å². The molecular formula is C17H25N3O2S2. The third-order valence-corrected chi connectivity index (χ3v) is 6.68. The summed E-state index contributed by atoms with van der Waals surface area (Å²) in [5, 5.41) is 4.94. The lowest BCUT2D eigenvalue weighted by Crippen LogP contribution is -2.36. The van der Waals surface area contributed by atoms with Crippen molar-refractivity contribution in [3.8, 4) is 0 Å². The van der Waals surface area contributed by atoms with Gasteiger partial charge in [-0.1, -0.05) is 31.5 Å². The summed E-state index contributed by atoms with van der Waals surface area (Å²) < 4.78 is 1.02. The molecule has 1 N–H and O–H groups in total. The van der Waals surface area contributed by atoms with Crippen LogP contribution >= 0.6 is 23.1 Å². The van der Waals surface area contributed by atoms with E-state index in [1.165, 1.54) is 12.8 Å². The molecule has 1 atom stereocenters. The van der Waals surface area contributed by atoms with Crippen molar-refractivity contribution in [3.63, 3.8) is 0 Å². The molecule has 2 aliphatic rings. The van der Waals surface area contributed by atoms with Gasteiger partial charge < -0.3 is 10.2 Å². The average Bonchev–Trinajstić information content (AvgIpc) is 3.27. The molecule has 3 rings (SSSR count). The quantitative estimate of drug-likeness (QED) is 0.753. The van der Waals surface area contributed by atoms with E-state index in [-0.39, 0.29) is 17.7 Å². The molecule has 1 aliphatic heterocycles. The Morgan fingerprint density at radius 2 is 2.25 bits per heavy atom. The first-order valence-electron chi connectivity index (χ1n) is 8.79. The maximum Gasteiger partial charge on any atom is 0.226 e. The van der Waals surface area contributed by atoms with Gasteiger partial charge in [-0.3, -0.25) is 9.59 Å². The highest BCUT2D eigenvalue weighted by Gasteiger charge is 2.35. The Bertz CT molecular complexity index is 584. The lowest BCUT2D eigenvalue weighted by atomic mass is 10.1. The number of amides is 2. The molecule has 1 saturated carbocycles. The van der Waals surface area contributed by atoms with Crippen molar-refractivity contribution in [2.75, 3.05) is 18.8 Å². The van der Waals surface area contributed by atoms with E-state index in [2.05, 4.69) is 22.1 Å². The molecule has 0 aromatic carbocycles. The van der Waals surface area contributed by atoms with Crippen molar-refractivity contribution in [2.24, 2.45) is 5.92 Å². The number of aromatic nitrogens is 1. The highest BCUT2D eigenvalue weighted by atomic mass is 32.2. The number of nitrogens with zero attached hydrogens (tertiary/aromatic N) is 2. The maximum atomic E-state index is 12.2. The molecule has 0 radical (unpaired) electrons. The van der Waals surface area contributed by atoms with Crippen LogP contribution in [0.1, 0.15) is 44.7 Å². The smallest absolute Gasteiger partial charge is 0.226 e. The molecule has 2 fully saturated rings. The summed E-state index contributed by atoms with van der Waals surface area (Å²) in [5.41, 5.74) is 0.837. The third-order valence-electron chi connectivity index (χ3n) is 4.73. The Balaban J connectivity index is 1.42. The third kappa shape index (κ3) is 4.51. The second kappa shape index (κ2) is 8.34. The van der Waals surface area contributed by atoms with Gasteiger partial charge in [0.2, 0.25) is 11.8 Å². The van der Waals surface area contributed by atoms with Gasteiger partial charge in [0.15, 0.2) is 0 Å². The first-order chi connectivity index (χ1) is 11.7.